The van der Waals surface area contributed by atoms with E-state index in [0.717, 1.165) is 12.3 Å². The molecule has 0 unspecified atom stereocenters. The minimum Gasteiger partial charge on any atom is -0.195 e. The van der Waals surface area contributed by atoms with E-state index in [4.69, 9.17) is 0 Å². The van der Waals surface area contributed by atoms with Gasteiger partial charge >= 0.3 is 0 Å². The van der Waals surface area contributed by atoms with Crippen molar-refractivity contribution < 1.29 is 4.57 Å². The third kappa shape index (κ3) is 7.33. The van der Waals surface area contributed by atoms with Crippen molar-refractivity contribution in [1.29, 1.82) is 0 Å². The zero-order chi connectivity index (χ0) is 14.6. The summed E-state index contributed by atoms with van der Waals surface area (Å²) in [5, 5.41) is 0. The number of thioether (sulfide) groups is 1. The number of hydrogen-bond acceptors (Lipinski definition) is 1. The molecule has 0 saturated carbocycles. The van der Waals surface area contributed by atoms with Gasteiger partial charge in [-0.05, 0) is 31.1 Å². The molecular formula is C18H32NS+. The molecule has 0 aliphatic carbocycles. The van der Waals surface area contributed by atoms with E-state index in [1.165, 1.54) is 61.8 Å². The van der Waals surface area contributed by atoms with Gasteiger partial charge in [0.15, 0.2) is 18.3 Å². The Kier molecular flexibility index (Phi) is 9.82. The molecule has 0 amide bonds. The lowest BCUT2D eigenvalue weighted by atomic mass is 10.1. The molecule has 1 rings (SSSR count). The molecule has 0 aliphatic rings. The van der Waals surface area contributed by atoms with Crippen LogP contribution in [0.25, 0.3) is 0 Å². The van der Waals surface area contributed by atoms with E-state index in [2.05, 4.69) is 55.6 Å². The van der Waals surface area contributed by atoms with Crippen molar-refractivity contribution in [2.45, 2.75) is 78.0 Å². The zero-order valence-corrected chi connectivity index (χ0v) is 14.5. The number of nitrogens with zero attached hydrogens (tertiary/aromatic N) is 1. The molecule has 0 radical (unpaired) electrons. The number of hydrogen-bond donors (Lipinski definition) is 0. The molecule has 0 saturated heterocycles. The standard InChI is InChI=1S/C18H32NS/c1-4-6-7-8-9-10-11-14-20-16-19-13-12-18(5-2)17(3)15-19/h12-13,15H,4-11,14,16H2,1-3H3/q+1. The minimum absolute atomic E-state index is 1.10. The first-order chi connectivity index (χ1) is 9.77. The normalized spacial score (nSPS) is 10.9. The number of rotatable bonds is 11. The van der Waals surface area contributed by atoms with Gasteiger partial charge in [-0.15, -0.1) is 0 Å². The Balaban J connectivity index is 2.05. The topological polar surface area (TPSA) is 3.88 Å². The van der Waals surface area contributed by atoms with Gasteiger partial charge in [-0.25, -0.2) is 0 Å². The van der Waals surface area contributed by atoms with E-state index >= 15 is 0 Å². The number of pyridine rings is 1. The summed E-state index contributed by atoms with van der Waals surface area (Å²) in [5.41, 5.74) is 2.89. The summed E-state index contributed by atoms with van der Waals surface area (Å²) < 4.78 is 2.32. The van der Waals surface area contributed by atoms with Crippen LogP contribution in [0.2, 0.25) is 0 Å². The SMILES string of the molecule is CCCCCCCCCSC[n+]1ccc(CC)c(C)c1. The molecule has 20 heavy (non-hydrogen) atoms. The molecule has 1 nitrogen and oxygen atoms in total. The van der Waals surface area contributed by atoms with Crippen molar-refractivity contribution in [2.75, 3.05) is 5.75 Å². The Labute approximate surface area is 130 Å². The first kappa shape index (κ1) is 17.6. The van der Waals surface area contributed by atoms with Crippen molar-refractivity contribution >= 4 is 11.8 Å². The number of aromatic nitrogens is 1. The minimum atomic E-state index is 1.10. The lowest BCUT2D eigenvalue weighted by Gasteiger charge is -2.03. The number of aryl methyl sites for hydroxylation is 2. The molecule has 0 N–H and O–H groups in total. The molecule has 0 spiro atoms. The van der Waals surface area contributed by atoms with Crippen LogP contribution in [0.3, 0.4) is 0 Å². The van der Waals surface area contributed by atoms with Crippen LogP contribution in [-0.2, 0) is 12.3 Å². The predicted molar refractivity (Wildman–Crippen MR) is 91.2 cm³/mol. The molecule has 1 aromatic heterocycles. The van der Waals surface area contributed by atoms with Crippen LogP contribution in [0.4, 0.5) is 0 Å². The third-order valence-electron chi connectivity index (χ3n) is 3.85. The van der Waals surface area contributed by atoms with Gasteiger partial charge in [0.05, 0.1) is 0 Å². The summed E-state index contributed by atoms with van der Waals surface area (Å²) >= 11 is 2.06. The summed E-state index contributed by atoms with van der Waals surface area (Å²) in [7, 11) is 0. The molecular weight excluding hydrogens is 262 g/mol. The highest BCUT2D eigenvalue weighted by Crippen LogP contribution is 2.11. The van der Waals surface area contributed by atoms with Gasteiger partial charge in [0.2, 0.25) is 0 Å². The van der Waals surface area contributed by atoms with E-state index in [1.54, 1.807) is 0 Å². The third-order valence-corrected chi connectivity index (χ3v) is 4.90. The summed E-state index contributed by atoms with van der Waals surface area (Å²) in [4.78, 5) is 0. The predicted octanol–water partition coefficient (Wildman–Crippen LogP) is 5.29. The quantitative estimate of drug-likeness (QED) is 0.396. The Morgan fingerprint density at radius 2 is 1.70 bits per heavy atom. The van der Waals surface area contributed by atoms with E-state index in [0.29, 0.717) is 0 Å². The maximum Gasteiger partial charge on any atom is 0.194 e. The van der Waals surface area contributed by atoms with Crippen LogP contribution in [0, 0.1) is 6.92 Å². The number of unbranched alkanes of at least 4 members (excludes halogenated alkanes) is 6. The van der Waals surface area contributed by atoms with E-state index in [1.807, 2.05) is 0 Å². The highest BCUT2D eigenvalue weighted by atomic mass is 32.2. The van der Waals surface area contributed by atoms with Crippen LogP contribution in [-0.4, -0.2) is 5.75 Å². The van der Waals surface area contributed by atoms with Crippen molar-refractivity contribution in [3.63, 3.8) is 0 Å². The molecule has 0 aromatic carbocycles. The van der Waals surface area contributed by atoms with Crippen molar-refractivity contribution in [1.82, 2.24) is 0 Å². The smallest absolute Gasteiger partial charge is 0.194 e. The fourth-order valence-corrected chi connectivity index (χ4v) is 3.41. The second-order valence-corrected chi connectivity index (χ2v) is 6.75. The van der Waals surface area contributed by atoms with Crippen LogP contribution in [0.15, 0.2) is 18.5 Å². The second kappa shape index (κ2) is 11.2. The van der Waals surface area contributed by atoms with Gasteiger partial charge in [0.25, 0.3) is 0 Å². The monoisotopic (exact) mass is 294 g/mol. The fourth-order valence-electron chi connectivity index (χ4n) is 2.50. The van der Waals surface area contributed by atoms with Gasteiger partial charge in [-0.3, -0.25) is 0 Å². The van der Waals surface area contributed by atoms with Gasteiger partial charge in [-0.2, -0.15) is 4.57 Å². The van der Waals surface area contributed by atoms with Crippen molar-refractivity contribution in [3.05, 3.63) is 29.6 Å². The van der Waals surface area contributed by atoms with Gasteiger partial charge in [0, 0.05) is 11.6 Å². The second-order valence-electron chi connectivity index (χ2n) is 5.68. The van der Waals surface area contributed by atoms with Crippen molar-refractivity contribution in [2.24, 2.45) is 0 Å². The average Bonchev–Trinajstić information content (AvgIpc) is 2.46. The molecule has 0 aliphatic heterocycles. The molecule has 1 aromatic rings. The summed E-state index contributed by atoms with van der Waals surface area (Å²) in [6.45, 7) is 6.72. The summed E-state index contributed by atoms with van der Waals surface area (Å²) in [6, 6.07) is 2.27. The molecule has 0 atom stereocenters. The van der Waals surface area contributed by atoms with Crippen LogP contribution >= 0.6 is 11.8 Å². The van der Waals surface area contributed by atoms with Gasteiger partial charge in [0.1, 0.15) is 0 Å². The molecule has 1 heterocycles. The first-order valence-corrected chi connectivity index (χ1v) is 9.49. The molecule has 0 bridgehead atoms. The summed E-state index contributed by atoms with van der Waals surface area (Å²) in [6.07, 6.45) is 15.5. The highest BCUT2D eigenvalue weighted by molar-refractivity contribution is 7.98. The van der Waals surface area contributed by atoms with E-state index < -0.39 is 0 Å². The lowest BCUT2D eigenvalue weighted by molar-refractivity contribution is -0.676. The maximum atomic E-state index is 2.32. The maximum absolute atomic E-state index is 2.32. The van der Waals surface area contributed by atoms with E-state index in [-0.39, 0.29) is 0 Å². The Bertz CT molecular complexity index is 362. The molecule has 0 fully saturated rings. The zero-order valence-electron chi connectivity index (χ0n) is 13.7. The van der Waals surface area contributed by atoms with Crippen LogP contribution in [0.1, 0.15) is 69.9 Å². The van der Waals surface area contributed by atoms with Crippen molar-refractivity contribution in [3.8, 4) is 0 Å². The fraction of sp³-hybridized carbons (Fsp3) is 0.722. The van der Waals surface area contributed by atoms with Gasteiger partial charge in [-0.1, -0.05) is 64.1 Å². The lowest BCUT2D eigenvalue weighted by Crippen LogP contribution is -2.32. The largest absolute Gasteiger partial charge is 0.195 e. The van der Waals surface area contributed by atoms with Crippen LogP contribution in [0.5, 0.6) is 0 Å². The Hall–Kier alpha value is -0.500. The molecule has 2 heteroatoms. The van der Waals surface area contributed by atoms with Crippen LogP contribution < -0.4 is 4.57 Å². The average molecular weight is 295 g/mol. The Morgan fingerprint density at radius 3 is 2.35 bits per heavy atom. The first-order valence-electron chi connectivity index (χ1n) is 8.34. The molecule has 114 valence electrons. The highest BCUT2D eigenvalue weighted by Gasteiger charge is 2.04. The Morgan fingerprint density at radius 1 is 1.00 bits per heavy atom. The van der Waals surface area contributed by atoms with Gasteiger partial charge < -0.3 is 0 Å². The van der Waals surface area contributed by atoms with E-state index in [9.17, 15) is 0 Å². The summed E-state index contributed by atoms with van der Waals surface area (Å²) in [5.74, 6) is 2.40.